The number of nitrogens with zero attached hydrogens (tertiary/aromatic N) is 6. The predicted octanol–water partition coefficient (Wildman–Crippen LogP) is 11.0. The lowest BCUT2D eigenvalue weighted by atomic mass is 9.98. The normalized spacial score (nSPS) is 11.5. The van der Waals surface area contributed by atoms with Gasteiger partial charge in [0.1, 0.15) is 0 Å². The number of benzene rings is 4. The van der Waals surface area contributed by atoms with Crippen LogP contribution in [0.15, 0.2) is 170 Å². The quantitative estimate of drug-likeness (QED) is 0.135. The van der Waals surface area contributed by atoms with E-state index < -0.39 is 0 Å². The summed E-state index contributed by atoms with van der Waals surface area (Å²) in [6.07, 6.45) is 3.58. The summed E-state index contributed by atoms with van der Waals surface area (Å²) in [5.74, 6) is 0. The standard InChI is InChI=1S/C46H28N6/c1-2-10-30(11-3-1)37-23-22-32-20-21-33-26-36-43(51-38-13-5-4-12-35(38)46(36)52-45(33)44(32)50-37)31-18-16-29(17-19-31)34-27-41(39-14-6-8-24-47-39)49-42(28-34)40-15-7-9-25-48-40/h1-28H. The molecule has 0 saturated heterocycles. The summed E-state index contributed by atoms with van der Waals surface area (Å²) in [7, 11) is 0. The van der Waals surface area contributed by atoms with Gasteiger partial charge in [-0.3, -0.25) is 9.97 Å². The van der Waals surface area contributed by atoms with E-state index in [0.29, 0.717) is 0 Å². The first-order valence-corrected chi connectivity index (χ1v) is 17.2. The first-order valence-electron chi connectivity index (χ1n) is 17.2. The van der Waals surface area contributed by atoms with Crippen LogP contribution in [0.25, 0.3) is 100 Å². The second kappa shape index (κ2) is 12.3. The highest BCUT2D eigenvalue weighted by Crippen LogP contribution is 2.37. The molecule has 0 amide bonds. The summed E-state index contributed by atoms with van der Waals surface area (Å²) < 4.78 is 0. The molecular formula is C46H28N6. The molecular weight excluding hydrogens is 637 g/mol. The Morgan fingerprint density at radius 3 is 1.67 bits per heavy atom. The van der Waals surface area contributed by atoms with Gasteiger partial charge in [0.25, 0.3) is 0 Å². The Morgan fingerprint density at radius 2 is 0.942 bits per heavy atom. The maximum atomic E-state index is 5.38. The zero-order valence-electron chi connectivity index (χ0n) is 27.8. The monoisotopic (exact) mass is 664 g/mol. The van der Waals surface area contributed by atoms with Gasteiger partial charge in [-0.15, -0.1) is 0 Å². The van der Waals surface area contributed by atoms with Crippen LogP contribution in [0, 0.1) is 0 Å². The fourth-order valence-corrected chi connectivity index (χ4v) is 6.96. The molecule has 0 aliphatic carbocycles. The topological polar surface area (TPSA) is 77.3 Å². The van der Waals surface area contributed by atoms with E-state index in [0.717, 1.165) is 100 Å². The van der Waals surface area contributed by atoms with Gasteiger partial charge in [-0.2, -0.15) is 0 Å². The molecule has 10 rings (SSSR count). The lowest BCUT2D eigenvalue weighted by Gasteiger charge is -2.13. The molecule has 0 saturated carbocycles. The van der Waals surface area contributed by atoms with Crippen LogP contribution in [0.5, 0.6) is 0 Å². The number of pyridine rings is 6. The molecule has 0 atom stereocenters. The van der Waals surface area contributed by atoms with Crippen molar-refractivity contribution in [3.63, 3.8) is 0 Å². The molecule has 0 fully saturated rings. The fraction of sp³-hybridized carbons (Fsp3) is 0. The van der Waals surface area contributed by atoms with E-state index in [-0.39, 0.29) is 0 Å². The Morgan fingerprint density at radius 1 is 0.308 bits per heavy atom. The van der Waals surface area contributed by atoms with Crippen LogP contribution in [0.2, 0.25) is 0 Å². The third-order valence-corrected chi connectivity index (χ3v) is 9.53. The molecule has 0 N–H and O–H groups in total. The van der Waals surface area contributed by atoms with Crippen molar-refractivity contribution in [3.8, 4) is 56.4 Å². The highest BCUT2D eigenvalue weighted by molar-refractivity contribution is 6.15. The molecule has 10 aromatic rings. The molecule has 52 heavy (non-hydrogen) atoms. The fourth-order valence-electron chi connectivity index (χ4n) is 6.96. The van der Waals surface area contributed by atoms with Gasteiger partial charge < -0.3 is 0 Å². The van der Waals surface area contributed by atoms with Crippen LogP contribution in [-0.4, -0.2) is 29.9 Å². The molecule has 6 heterocycles. The third-order valence-electron chi connectivity index (χ3n) is 9.53. The molecule has 0 unspecified atom stereocenters. The lowest BCUT2D eigenvalue weighted by molar-refractivity contribution is 1.22. The number of fused-ring (bicyclic) bond motifs is 6. The van der Waals surface area contributed by atoms with E-state index in [9.17, 15) is 0 Å². The van der Waals surface area contributed by atoms with Crippen molar-refractivity contribution in [2.24, 2.45) is 0 Å². The molecule has 0 radical (unpaired) electrons. The van der Waals surface area contributed by atoms with Crippen LogP contribution in [0.4, 0.5) is 0 Å². The zero-order valence-corrected chi connectivity index (χ0v) is 27.8. The largest absolute Gasteiger partial charge is 0.255 e. The molecule has 242 valence electrons. The molecule has 6 aromatic heterocycles. The number of aromatic nitrogens is 6. The summed E-state index contributed by atoms with van der Waals surface area (Å²) in [4.78, 5) is 29.8. The van der Waals surface area contributed by atoms with E-state index in [2.05, 4.69) is 101 Å². The Bertz CT molecular complexity index is 2870. The Labute approximate surface area is 299 Å². The van der Waals surface area contributed by atoms with Crippen LogP contribution in [-0.2, 0) is 0 Å². The summed E-state index contributed by atoms with van der Waals surface area (Å²) >= 11 is 0. The van der Waals surface area contributed by atoms with Crippen molar-refractivity contribution in [2.45, 2.75) is 0 Å². The summed E-state index contributed by atoms with van der Waals surface area (Å²) in [5, 5.41) is 4.09. The van der Waals surface area contributed by atoms with Crippen LogP contribution < -0.4 is 0 Å². The molecule has 4 aromatic carbocycles. The van der Waals surface area contributed by atoms with E-state index in [1.54, 1.807) is 12.4 Å². The zero-order chi connectivity index (χ0) is 34.4. The molecule has 0 aliphatic heterocycles. The number of hydrogen-bond acceptors (Lipinski definition) is 6. The van der Waals surface area contributed by atoms with Gasteiger partial charge in [0.2, 0.25) is 0 Å². The average Bonchev–Trinajstić information content (AvgIpc) is 3.23. The van der Waals surface area contributed by atoms with Crippen molar-refractivity contribution in [1.82, 2.24) is 29.9 Å². The van der Waals surface area contributed by atoms with Crippen molar-refractivity contribution in [1.29, 1.82) is 0 Å². The van der Waals surface area contributed by atoms with E-state index in [1.807, 2.05) is 66.7 Å². The van der Waals surface area contributed by atoms with Gasteiger partial charge in [-0.05, 0) is 65.7 Å². The minimum absolute atomic E-state index is 0.792. The maximum Gasteiger partial charge on any atom is 0.0972 e. The molecule has 0 aliphatic rings. The van der Waals surface area contributed by atoms with E-state index in [1.165, 1.54) is 0 Å². The van der Waals surface area contributed by atoms with Gasteiger partial charge >= 0.3 is 0 Å². The van der Waals surface area contributed by atoms with Crippen molar-refractivity contribution in [2.75, 3.05) is 0 Å². The molecule has 0 bridgehead atoms. The summed E-state index contributed by atoms with van der Waals surface area (Å²) in [6, 6.07) is 53.7. The van der Waals surface area contributed by atoms with E-state index >= 15 is 0 Å². The first kappa shape index (κ1) is 29.7. The maximum absolute atomic E-state index is 5.38. The minimum atomic E-state index is 0.792. The van der Waals surface area contributed by atoms with Crippen LogP contribution in [0.1, 0.15) is 0 Å². The Hall–Kier alpha value is -7.18. The van der Waals surface area contributed by atoms with Crippen molar-refractivity contribution >= 4 is 43.6 Å². The number of rotatable bonds is 5. The van der Waals surface area contributed by atoms with Crippen molar-refractivity contribution in [3.05, 3.63) is 170 Å². The lowest BCUT2D eigenvalue weighted by Crippen LogP contribution is -1.95. The van der Waals surface area contributed by atoms with Gasteiger partial charge in [0.05, 0.1) is 56.2 Å². The minimum Gasteiger partial charge on any atom is -0.255 e. The van der Waals surface area contributed by atoms with Gasteiger partial charge in [0, 0.05) is 45.1 Å². The SMILES string of the molecule is c1ccc(-c2ccc3ccc4cc5c(-c6ccc(-c7cc(-c8ccccn8)nc(-c8ccccn8)c7)cc6)nc6ccccc6c5nc4c3n2)cc1. The predicted molar refractivity (Wildman–Crippen MR) is 210 cm³/mol. The van der Waals surface area contributed by atoms with Crippen molar-refractivity contribution < 1.29 is 0 Å². The molecule has 0 spiro atoms. The van der Waals surface area contributed by atoms with Gasteiger partial charge in [0.15, 0.2) is 0 Å². The van der Waals surface area contributed by atoms with E-state index in [4.69, 9.17) is 19.9 Å². The van der Waals surface area contributed by atoms with Gasteiger partial charge in [-0.25, -0.2) is 19.9 Å². The highest BCUT2D eigenvalue weighted by Gasteiger charge is 2.16. The van der Waals surface area contributed by atoms with Gasteiger partial charge in [-0.1, -0.05) is 103 Å². The number of para-hydroxylation sites is 1. The Kier molecular flexibility index (Phi) is 7.03. The smallest absolute Gasteiger partial charge is 0.0972 e. The average molecular weight is 665 g/mol. The Balaban J connectivity index is 1.13. The van der Waals surface area contributed by atoms with Crippen LogP contribution in [0.3, 0.4) is 0 Å². The molecule has 6 heteroatoms. The third kappa shape index (κ3) is 5.22. The second-order valence-electron chi connectivity index (χ2n) is 12.8. The number of hydrogen-bond donors (Lipinski definition) is 0. The molecule has 6 nitrogen and oxygen atoms in total. The summed E-state index contributed by atoms with van der Waals surface area (Å²) in [6.45, 7) is 0. The van der Waals surface area contributed by atoms with Crippen LogP contribution >= 0.6 is 0 Å². The first-order chi connectivity index (χ1) is 25.7. The summed E-state index contributed by atoms with van der Waals surface area (Å²) in [5.41, 5.74) is 12.8. The second-order valence-corrected chi connectivity index (χ2v) is 12.8. The highest BCUT2D eigenvalue weighted by atomic mass is 14.8.